The maximum atomic E-state index is 14.5. The zero-order chi connectivity index (χ0) is 28.6. The van der Waals surface area contributed by atoms with Gasteiger partial charge in [-0.2, -0.15) is 5.10 Å². The van der Waals surface area contributed by atoms with E-state index in [1.165, 1.54) is 28.8 Å². The van der Waals surface area contributed by atoms with Gasteiger partial charge in [-0.1, -0.05) is 45.0 Å². The summed E-state index contributed by atoms with van der Waals surface area (Å²) < 4.78 is 21.6. The minimum Gasteiger partial charge on any atom is -0.467 e. The Bertz CT molecular complexity index is 1560. The lowest BCUT2D eigenvalue weighted by molar-refractivity contribution is -0.123. The Morgan fingerprint density at radius 1 is 1.15 bits per heavy atom. The van der Waals surface area contributed by atoms with Crippen molar-refractivity contribution in [3.8, 4) is 5.69 Å². The number of nitrogens with one attached hydrogen (secondary N) is 1. The highest BCUT2D eigenvalue weighted by atomic mass is 32.2. The lowest BCUT2D eigenvalue weighted by Crippen LogP contribution is -2.42. The average Bonchev–Trinajstić information content (AvgIpc) is 3.53. The minimum atomic E-state index is -0.403. The number of rotatable bonds is 6. The molecule has 1 unspecified atom stereocenters. The van der Waals surface area contributed by atoms with Gasteiger partial charge < -0.3 is 9.73 Å². The Morgan fingerprint density at radius 3 is 2.62 bits per heavy atom. The fourth-order valence-corrected chi connectivity index (χ4v) is 6.13. The molecule has 40 heavy (non-hydrogen) atoms. The van der Waals surface area contributed by atoms with Crippen LogP contribution in [0.5, 0.6) is 0 Å². The van der Waals surface area contributed by atoms with Gasteiger partial charge in [0.1, 0.15) is 23.9 Å². The quantitative estimate of drug-likeness (QED) is 0.313. The summed E-state index contributed by atoms with van der Waals surface area (Å²) in [4.78, 5) is 28.5. The van der Waals surface area contributed by atoms with E-state index < -0.39 is 5.41 Å². The van der Waals surface area contributed by atoms with Crippen molar-refractivity contribution in [1.82, 2.24) is 15.1 Å². The predicted molar refractivity (Wildman–Crippen MR) is 155 cm³/mol. The first-order valence-corrected chi connectivity index (χ1v) is 14.3. The molecule has 0 saturated heterocycles. The topological polar surface area (TPSA) is 80.4 Å². The number of fused-ring (bicyclic) bond motifs is 1. The SMILES string of the molecule is Cc1cccc(-n2nc(C(C)(C)C)c3c2N(CC(=O)NCc2ccco2)C(=O)CSC3c2cccc(F)c2)c1C. The van der Waals surface area contributed by atoms with Crippen molar-refractivity contribution in [2.45, 2.75) is 51.8 Å². The van der Waals surface area contributed by atoms with Crippen LogP contribution in [0.3, 0.4) is 0 Å². The molecule has 0 saturated carbocycles. The Morgan fingerprint density at radius 2 is 1.93 bits per heavy atom. The monoisotopic (exact) mass is 560 g/mol. The number of carbonyl (C=O) groups is 2. The summed E-state index contributed by atoms with van der Waals surface area (Å²) in [5, 5.41) is 7.62. The van der Waals surface area contributed by atoms with Crippen molar-refractivity contribution in [2.24, 2.45) is 0 Å². The number of thioether (sulfide) groups is 1. The molecule has 1 aliphatic heterocycles. The molecule has 0 bridgehead atoms. The van der Waals surface area contributed by atoms with Crippen molar-refractivity contribution in [2.75, 3.05) is 17.2 Å². The molecule has 4 aromatic rings. The fraction of sp³-hybridized carbons (Fsp3) is 0.323. The van der Waals surface area contributed by atoms with Crippen LogP contribution in [0.4, 0.5) is 10.2 Å². The normalized spacial score (nSPS) is 15.6. The van der Waals surface area contributed by atoms with Gasteiger partial charge in [0.2, 0.25) is 11.8 Å². The molecule has 0 aliphatic carbocycles. The standard InChI is InChI=1S/C31H33FN4O3S/c1-19-9-6-13-24(20(19)2)36-30-27(29(34-36)31(3,4)5)28(21-10-7-11-22(32)15-21)40-18-26(38)35(30)17-25(37)33-16-23-12-8-14-39-23/h6-15,28H,16-18H2,1-5H3,(H,33,37). The molecular weight excluding hydrogens is 527 g/mol. The zero-order valence-electron chi connectivity index (χ0n) is 23.3. The maximum Gasteiger partial charge on any atom is 0.240 e. The molecule has 2 aromatic carbocycles. The van der Waals surface area contributed by atoms with Gasteiger partial charge in [-0.3, -0.25) is 14.5 Å². The van der Waals surface area contributed by atoms with E-state index >= 15 is 0 Å². The highest BCUT2D eigenvalue weighted by Crippen LogP contribution is 2.48. The Kier molecular flexibility index (Phi) is 7.59. The van der Waals surface area contributed by atoms with Crippen LogP contribution in [-0.4, -0.2) is 33.9 Å². The Labute approximate surface area is 237 Å². The first kappa shape index (κ1) is 27.7. The molecule has 9 heteroatoms. The highest BCUT2D eigenvalue weighted by molar-refractivity contribution is 8.00. The molecule has 5 rings (SSSR count). The third kappa shape index (κ3) is 5.43. The van der Waals surface area contributed by atoms with Gasteiger partial charge in [0.25, 0.3) is 0 Å². The molecule has 1 atom stereocenters. The van der Waals surface area contributed by atoms with Crippen molar-refractivity contribution < 1.29 is 18.4 Å². The molecule has 0 radical (unpaired) electrons. The van der Waals surface area contributed by atoms with Crippen molar-refractivity contribution in [1.29, 1.82) is 0 Å². The number of anilines is 1. The summed E-state index contributed by atoms with van der Waals surface area (Å²) in [6, 6.07) is 16.0. The van der Waals surface area contributed by atoms with Crippen LogP contribution in [0.1, 0.15) is 59.7 Å². The van der Waals surface area contributed by atoms with Crippen molar-refractivity contribution in [3.05, 3.63) is 100 Å². The molecule has 0 spiro atoms. The van der Waals surface area contributed by atoms with Gasteiger partial charge in [0.05, 0.1) is 35.2 Å². The molecule has 1 aliphatic rings. The molecular formula is C31H33FN4O3S. The molecule has 208 valence electrons. The third-order valence-corrected chi connectivity index (χ3v) is 8.35. The van der Waals surface area contributed by atoms with Crippen LogP contribution >= 0.6 is 11.8 Å². The number of nitrogens with zero attached hydrogens (tertiary/aromatic N) is 3. The van der Waals surface area contributed by atoms with E-state index in [9.17, 15) is 14.0 Å². The smallest absolute Gasteiger partial charge is 0.240 e. The van der Waals surface area contributed by atoms with E-state index in [4.69, 9.17) is 9.52 Å². The number of aryl methyl sites for hydroxylation is 1. The van der Waals surface area contributed by atoms with E-state index in [0.717, 1.165) is 33.6 Å². The van der Waals surface area contributed by atoms with E-state index in [2.05, 4.69) is 26.1 Å². The number of furan rings is 1. The summed E-state index contributed by atoms with van der Waals surface area (Å²) in [5.74, 6) is 0.395. The van der Waals surface area contributed by atoms with Gasteiger partial charge in [-0.05, 0) is 60.9 Å². The zero-order valence-corrected chi connectivity index (χ0v) is 24.1. The van der Waals surface area contributed by atoms with Crippen molar-refractivity contribution >= 4 is 29.4 Å². The number of carbonyl (C=O) groups excluding carboxylic acids is 2. The lowest BCUT2D eigenvalue weighted by atomic mass is 9.87. The summed E-state index contributed by atoms with van der Waals surface area (Å²) in [6.07, 6.45) is 1.55. The van der Waals surface area contributed by atoms with Crippen LogP contribution in [0.15, 0.2) is 65.3 Å². The van der Waals surface area contributed by atoms with Gasteiger partial charge in [0.15, 0.2) is 0 Å². The van der Waals surface area contributed by atoms with Gasteiger partial charge in [0, 0.05) is 11.0 Å². The molecule has 7 nitrogen and oxygen atoms in total. The predicted octanol–water partition coefficient (Wildman–Crippen LogP) is 6.00. The van der Waals surface area contributed by atoms with Crippen LogP contribution < -0.4 is 10.2 Å². The molecule has 1 N–H and O–H groups in total. The summed E-state index contributed by atoms with van der Waals surface area (Å²) in [5.41, 5.74) is 4.87. The minimum absolute atomic E-state index is 0.123. The van der Waals surface area contributed by atoms with Crippen LogP contribution in [0, 0.1) is 19.7 Å². The second-order valence-corrected chi connectivity index (χ2v) is 12.1. The molecule has 0 fully saturated rings. The first-order chi connectivity index (χ1) is 19.0. The Balaban J connectivity index is 1.71. The van der Waals surface area contributed by atoms with Gasteiger partial charge in [-0.15, -0.1) is 11.8 Å². The lowest BCUT2D eigenvalue weighted by Gasteiger charge is -2.25. The second-order valence-electron chi connectivity index (χ2n) is 11.0. The summed E-state index contributed by atoms with van der Waals surface area (Å²) in [6.45, 7) is 10.3. The molecule has 2 aromatic heterocycles. The van der Waals surface area contributed by atoms with E-state index in [-0.39, 0.29) is 41.7 Å². The Hall–Kier alpha value is -3.85. The maximum absolute atomic E-state index is 14.5. The van der Waals surface area contributed by atoms with Gasteiger partial charge in [-0.25, -0.2) is 9.07 Å². The largest absolute Gasteiger partial charge is 0.467 e. The van der Waals surface area contributed by atoms with Crippen LogP contribution in [0.25, 0.3) is 5.69 Å². The van der Waals surface area contributed by atoms with Gasteiger partial charge >= 0.3 is 0 Å². The number of hydrogen-bond acceptors (Lipinski definition) is 5. The highest BCUT2D eigenvalue weighted by Gasteiger charge is 2.40. The van der Waals surface area contributed by atoms with E-state index in [0.29, 0.717) is 11.6 Å². The summed E-state index contributed by atoms with van der Waals surface area (Å²) in [7, 11) is 0. The molecule has 3 heterocycles. The number of benzene rings is 2. The number of amides is 2. The molecule has 2 amide bonds. The number of halogens is 1. The average molecular weight is 561 g/mol. The summed E-state index contributed by atoms with van der Waals surface area (Å²) >= 11 is 1.43. The van der Waals surface area contributed by atoms with Crippen LogP contribution in [-0.2, 0) is 21.5 Å². The third-order valence-electron chi connectivity index (χ3n) is 7.10. The number of aromatic nitrogens is 2. The van der Waals surface area contributed by atoms with E-state index in [1.54, 1.807) is 29.1 Å². The van der Waals surface area contributed by atoms with Crippen LogP contribution in [0.2, 0.25) is 0 Å². The second kappa shape index (κ2) is 11.0. The van der Waals surface area contributed by atoms with E-state index in [1.807, 2.05) is 38.1 Å². The fourth-order valence-electron chi connectivity index (χ4n) is 4.94. The van der Waals surface area contributed by atoms with Crippen molar-refractivity contribution in [3.63, 3.8) is 0 Å². The first-order valence-electron chi connectivity index (χ1n) is 13.2. The number of hydrogen-bond donors (Lipinski definition) is 1.